The lowest BCUT2D eigenvalue weighted by atomic mass is 9.98. The van der Waals surface area contributed by atoms with Crippen LogP contribution in [0.4, 0.5) is 0 Å². The Kier molecular flexibility index (Phi) is 5.15. The van der Waals surface area contributed by atoms with Crippen molar-refractivity contribution < 1.29 is 14.3 Å². The summed E-state index contributed by atoms with van der Waals surface area (Å²) < 4.78 is 5.28. The molecule has 0 unspecified atom stereocenters. The molecule has 0 aromatic rings. The van der Waals surface area contributed by atoms with Gasteiger partial charge in [0.05, 0.1) is 6.42 Å². The molecule has 0 atom stereocenters. The van der Waals surface area contributed by atoms with Crippen LogP contribution in [0.1, 0.15) is 45.4 Å². The molecular formula is C11H19NO3. The van der Waals surface area contributed by atoms with E-state index in [2.05, 4.69) is 5.32 Å². The first kappa shape index (κ1) is 12.0. The van der Waals surface area contributed by atoms with Gasteiger partial charge < -0.3 is 10.1 Å². The highest BCUT2D eigenvalue weighted by Crippen LogP contribution is 2.20. The SMILES string of the molecule is CC(=O)NCCC(=O)OC1CCCCC1. The molecular weight excluding hydrogens is 194 g/mol. The second-order valence-corrected chi connectivity index (χ2v) is 3.98. The number of rotatable bonds is 4. The van der Waals surface area contributed by atoms with Crippen molar-refractivity contribution in [2.24, 2.45) is 0 Å². The Morgan fingerprint density at radius 2 is 1.93 bits per heavy atom. The van der Waals surface area contributed by atoms with E-state index >= 15 is 0 Å². The fourth-order valence-corrected chi connectivity index (χ4v) is 1.77. The third-order valence-corrected chi connectivity index (χ3v) is 2.55. The zero-order valence-electron chi connectivity index (χ0n) is 9.25. The summed E-state index contributed by atoms with van der Waals surface area (Å²) in [5.41, 5.74) is 0. The Hall–Kier alpha value is -1.06. The molecule has 1 fully saturated rings. The Labute approximate surface area is 90.4 Å². The first-order valence-corrected chi connectivity index (χ1v) is 5.62. The third kappa shape index (κ3) is 5.40. The summed E-state index contributed by atoms with van der Waals surface area (Å²) in [6, 6.07) is 0. The van der Waals surface area contributed by atoms with Gasteiger partial charge in [-0.25, -0.2) is 0 Å². The lowest BCUT2D eigenvalue weighted by Crippen LogP contribution is -2.26. The molecule has 0 radical (unpaired) electrons. The van der Waals surface area contributed by atoms with Crippen LogP contribution in [-0.4, -0.2) is 24.5 Å². The van der Waals surface area contributed by atoms with Gasteiger partial charge in [-0.2, -0.15) is 0 Å². The van der Waals surface area contributed by atoms with Crippen molar-refractivity contribution in [3.8, 4) is 0 Å². The minimum absolute atomic E-state index is 0.111. The maximum absolute atomic E-state index is 11.3. The van der Waals surface area contributed by atoms with E-state index in [4.69, 9.17) is 4.74 Å². The minimum atomic E-state index is -0.198. The zero-order chi connectivity index (χ0) is 11.1. The first-order chi connectivity index (χ1) is 7.18. The molecule has 1 aliphatic rings. The molecule has 1 rings (SSSR count). The summed E-state index contributed by atoms with van der Waals surface area (Å²) in [7, 11) is 0. The fraction of sp³-hybridized carbons (Fsp3) is 0.818. The topological polar surface area (TPSA) is 55.4 Å². The molecule has 0 aliphatic heterocycles. The normalized spacial score (nSPS) is 17.1. The lowest BCUT2D eigenvalue weighted by Gasteiger charge is -2.21. The van der Waals surface area contributed by atoms with E-state index in [9.17, 15) is 9.59 Å². The predicted molar refractivity (Wildman–Crippen MR) is 56.3 cm³/mol. The van der Waals surface area contributed by atoms with E-state index in [1.54, 1.807) is 0 Å². The maximum atomic E-state index is 11.3. The molecule has 0 heterocycles. The van der Waals surface area contributed by atoms with Gasteiger partial charge in [0.15, 0.2) is 0 Å². The van der Waals surface area contributed by atoms with Crippen LogP contribution >= 0.6 is 0 Å². The number of nitrogens with one attached hydrogen (secondary N) is 1. The van der Waals surface area contributed by atoms with Crippen molar-refractivity contribution >= 4 is 11.9 Å². The van der Waals surface area contributed by atoms with Crippen LogP contribution < -0.4 is 5.32 Å². The Morgan fingerprint density at radius 3 is 2.53 bits per heavy atom. The van der Waals surface area contributed by atoms with E-state index in [1.807, 2.05) is 0 Å². The molecule has 86 valence electrons. The summed E-state index contributed by atoms with van der Waals surface area (Å²) in [6.07, 6.45) is 5.93. The largest absolute Gasteiger partial charge is 0.462 e. The van der Waals surface area contributed by atoms with Crippen LogP contribution in [-0.2, 0) is 14.3 Å². The van der Waals surface area contributed by atoms with Crippen molar-refractivity contribution in [3.63, 3.8) is 0 Å². The highest BCUT2D eigenvalue weighted by Gasteiger charge is 2.17. The molecule has 0 saturated heterocycles. The minimum Gasteiger partial charge on any atom is -0.462 e. The first-order valence-electron chi connectivity index (χ1n) is 5.62. The molecule has 1 aliphatic carbocycles. The van der Waals surface area contributed by atoms with E-state index < -0.39 is 0 Å². The smallest absolute Gasteiger partial charge is 0.307 e. The van der Waals surface area contributed by atoms with Gasteiger partial charge >= 0.3 is 5.97 Å². The molecule has 1 saturated carbocycles. The number of hydrogen-bond acceptors (Lipinski definition) is 3. The van der Waals surface area contributed by atoms with Gasteiger partial charge in [0.25, 0.3) is 0 Å². The van der Waals surface area contributed by atoms with Crippen molar-refractivity contribution in [1.82, 2.24) is 5.32 Å². The molecule has 4 nitrogen and oxygen atoms in total. The van der Waals surface area contributed by atoms with Gasteiger partial charge in [0, 0.05) is 13.5 Å². The van der Waals surface area contributed by atoms with E-state index in [-0.39, 0.29) is 24.4 Å². The van der Waals surface area contributed by atoms with Crippen molar-refractivity contribution in [3.05, 3.63) is 0 Å². The average molecular weight is 213 g/mol. The van der Waals surface area contributed by atoms with Crippen molar-refractivity contribution in [2.45, 2.75) is 51.6 Å². The molecule has 0 aromatic heterocycles. The summed E-state index contributed by atoms with van der Waals surface area (Å²) in [4.78, 5) is 21.9. The standard InChI is InChI=1S/C11H19NO3/c1-9(13)12-8-7-11(14)15-10-5-3-2-4-6-10/h10H,2-8H2,1H3,(H,12,13). The molecule has 0 bridgehead atoms. The second-order valence-electron chi connectivity index (χ2n) is 3.98. The average Bonchev–Trinajstić information content (AvgIpc) is 2.18. The zero-order valence-corrected chi connectivity index (χ0v) is 9.25. The van der Waals surface area contributed by atoms with Crippen LogP contribution in [0.5, 0.6) is 0 Å². The van der Waals surface area contributed by atoms with Gasteiger partial charge in [-0.1, -0.05) is 6.42 Å². The number of ether oxygens (including phenoxy) is 1. The predicted octanol–water partition coefficient (Wildman–Crippen LogP) is 1.39. The Balaban J connectivity index is 2.09. The molecule has 15 heavy (non-hydrogen) atoms. The van der Waals surface area contributed by atoms with Crippen molar-refractivity contribution in [2.75, 3.05) is 6.54 Å². The van der Waals surface area contributed by atoms with E-state index in [0.717, 1.165) is 25.7 Å². The third-order valence-electron chi connectivity index (χ3n) is 2.55. The van der Waals surface area contributed by atoms with E-state index in [0.29, 0.717) is 6.54 Å². The number of amides is 1. The molecule has 0 aromatic carbocycles. The Morgan fingerprint density at radius 1 is 1.27 bits per heavy atom. The van der Waals surface area contributed by atoms with Gasteiger partial charge in [-0.15, -0.1) is 0 Å². The Bertz CT molecular complexity index is 222. The molecule has 1 amide bonds. The van der Waals surface area contributed by atoms with Gasteiger partial charge in [-0.3, -0.25) is 9.59 Å². The summed E-state index contributed by atoms with van der Waals surface area (Å²) in [5.74, 6) is -0.309. The highest BCUT2D eigenvalue weighted by molar-refractivity contribution is 5.74. The quantitative estimate of drug-likeness (QED) is 0.718. The second kappa shape index (κ2) is 6.43. The van der Waals surface area contributed by atoms with Gasteiger partial charge in [0.2, 0.25) is 5.91 Å². The van der Waals surface area contributed by atoms with E-state index in [1.165, 1.54) is 13.3 Å². The van der Waals surface area contributed by atoms with Crippen LogP contribution in [0.15, 0.2) is 0 Å². The monoisotopic (exact) mass is 213 g/mol. The van der Waals surface area contributed by atoms with Crippen LogP contribution in [0.3, 0.4) is 0 Å². The summed E-state index contributed by atoms with van der Waals surface area (Å²) >= 11 is 0. The number of carbonyl (C=O) groups is 2. The molecule has 1 N–H and O–H groups in total. The van der Waals surface area contributed by atoms with Crippen LogP contribution in [0.25, 0.3) is 0 Å². The highest BCUT2D eigenvalue weighted by atomic mass is 16.5. The van der Waals surface area contributed by atoms with Gasteiger partial charge in [-0.05, 0) is 25.7 Å². The number of esters is 1. The van der Waals surface area contributed by atoms with Crippen LogP contribution in [0, 0.1) is 0 Å². The summed E-state index contributed by atoms with van der Waals surface area (Å²) in [6.45, 7) is 1.81. The molecule has 0 spiro atoms. The number of carbonyl (C=O) groups excluding carboxylic acids is 2. The lowest BCUT2D eigenvalue weighted by molar-refractivity contribution is -0.150. The van der Waals surface area contributed by atoms with Gasteiger partial charge in [0.1, 0.15) is 6.10 Å². The molecule has 4 heteroatoms. The summed E-state index contributed by atoms with van der Waals surface area (Å²) in [5, 5.41) is 2.57. The number of hydrogen-bond donors (Lipinski definition) is 1. The van der Waals surface area contributed by atoms with Crippen LogP contribution in [0.2, 0.25) is 0 Å². The van der Waals surface area contributed by atoms with Crippen molar-refractivity contribution in [1.29, 1.82) is 0 Å². The fourth-order valence-electron chi connectivity index (χ4n) is 1.77. The maximum Gasteiger partial charge on any atom is 0.307 e.